The standard InChI is InChI=1S/C11H19N3O/c1-3-5-11(14-9-12)10(2)8-13-6-4-7-15/h3,5,8-9,15H,4,6-7H2,1-2H3,(H2,12,14)/b5-3-,11-10?,13-8?. The van der Waals surface area contributed by atoms with Gasteiger partial charge in [-0.05, 0) is 31.9 Å². The van der Waals surface area contributed by atoms with Crippen molar-refractivity contribution in [2.45, 2.75) is 20.3 Å². The number of nitrogens with two attached hydrogens (primary N) is 1. The molecule has 0 fully saturated rings. The summed E-state index contributed by atoms with van der Waals surface area (Å²) in [6, 6.07) is 0. The van der Waals surface area contributed by atoms with Crippen LogP contribution in [0.15, 0.2) is 33.4 Å². The van der Waals surface area contributed by atoms with Gasteiger partial charge in [-0.2, -0.15) is 0 Å². The van der Waals surface area contributed by atoms with Crippen molar-refractivity contribution < 1.29 is 5.11 Å². The Morgan fingerprint density at radius 2 is 2.20 bits per heavy atom. The summed E-state index contributed by atoms with van der Waals surface area (Å²) in [5, 5.41) is 8.57. The molecule has 84 valence electrons. The Balaban J connectivity index is 4.49. The van der Waals surface area contributed by atoms with E-state index in [4.69, 9.17) is 10.8 Å². The van der Waals surface area contributed by atoms with Crippen LogP contribution >= 0.6 is 0 Å². The third-order valence-corrected chi connectivity index (χ3v) is 1.67. The zero-order valence-electron chi connectivity index (χ0n) is 9.35. The molecule has 0 atom stereocenters. The summed E-state index contributed by atoms with van der Waals surface area (Å²) in [4.78, 5) is 8.17. The van der Waals surface area contributed by atoms with Crippen molar-refractivity contribution in [3.8, 4) is 0 Å². The largest absolute Gasteiger partial charge is 0.396 e. The minimum atomic E-state index is 0.169. The second-order valence-corrected chi connectivity index (χ2v) is 2.96. The van der Waals surface area contributed by atoms with E-state index in [0.717, 1.165) is 11.3 Å². The summed E-state index contributed by atoms with van der Waals surface area (Å²) in [5.74, 6) is 0. The molecule has 0 radical (unpaired) electrons. The molecule has 0 saturated carbocycles. The number of hydrogen-bond acceptors (Lipinski definition) is 3. The van der Waals surface area contributed by atoms with Crippen molar-refractivity contribution in [1.82, 2.24) is 0 Å². The highest BCUT2D eigenvalue weighted by atomic mass is 16.3. The highest BCUT2D eigenvalue weighted by Crippen LogP contribution is 2.05. The molecule has 0 spiro atoms. The number of aliphatic hydroxyl groups excluding tert-OH is 1. The van der Waals surface area contributed by atoms with Gasteiger partial charge in [0.2, 0.25) is 0 Å². The lowest BCUT2D eigenvalue weighted by Crippen LogP contribution is -1.93. The minimum Gasteiger partial charge on any atom is -0.396 e. The van der Waals surface area contributed by atoms with E-state index in [1.807, 2.05) is 26.0 Å². The first-order chi connectivity index (χ1) is 7.26. The molecule has 0 rings (SSSR count). The molecule has 4 nitrogen and oxygen atoms in total. The van der Waals surface area contributed by atoms with Gasteiger partial charge in [0.15, 0.2) is 0 Å². The van der Waals surface area contributed by atoms with Gasteiger partial charge in [-0.15, -0.1) is 0 Å². The molecular weight excluding hydrogens is 190 g/mol. The molecule has 0 unspecified atom stereocenters. The number of aliphatic imine (C=N–C) groups is 2. The Labute approximate surface area is 90.9 Å². The molecule has 0 aromatic rings. The maximum absolute atomic E-state index is 8.57. The van der Waals surface area contributed by atoms with Gasteiger partial charge in [0.1, 0.15) is 0 Å². The van der Waals surface area contributed by atoms with Gasteiger partial charge in [-0.3, -0.25) is 4.99 Å². The second-order valence-electron chi connectivity index (χ2n) is 2.96. The number of rotatable bonds is 6. The Kier molecular flexibility index (Phi) is 8.28. The molecule has 0 aromatic heterocycles. The maximum Gasteiger partial charge on any atom is 0.0860 e. The normalized spacial score (nSPS) is 14.3. The molecule has 0 amide bonds. The summed E-state index contributed by atoms with van der Waals surface area (Å²) in [7, 11) is 0. The van der Waals surface area contributed by atoms with Crippen molar-refractivity contribution in [2.24, 2.45) is 15.7 Å². The van der Waals surface area contributed by atoms with E-state index < -0.39 is 0 Å². The predicted octanol–water partition coefficient (Wildman–Crippen LogP) is 1.28. The Morgan fingerprint density at radius 1 is 1.47 bits per heavy atom. The number of aliphatic hydroxyl groups is 1. The van der Waals surface area contributed by atoms with Crippen molar-refractivity contribution >= 4 is 12.6 Å². The lowest BCUT2D eigenvalue weighted by molar-refractivity contribution is 0.291. The Morgan fingerprint density at radius 3 is 2.73 bits per heavy atom. The van der Waals surface area contributed by atoms with Crippen molar-refractivity contribution in [3.05, 3.63) is 23.4 Å². The van der Waals surface area contributed by atoms with Crippen LogP contribution in [0.25, 0.3) is 0 Å². The van der Waals surface area contributed by atoms with Crippen LogP contribution in [0.2, 0.25) is 0 Å². The van der Waals surface area contributed by atoms with Gasteiger partial charge in [-0.1, -0.05) is 6.08 Å². The van der Waals surface area contributed by atoms with E-state index in [1.165, 1.54) is 6.34 Å². The summed E-state index contributed by atoms with van der Waals surface area (Å²) in [6.07, 6.45) is 7.46. The fourth-order valence-electron chi connectivity index (χ4n) is 0.944. The lowest BCUT2D eigenvalue weighted by Gasteiger charge is -1.97. The Bertz CT molecular complexity index is 264. The SMILES string of the molecule is C/C=C\C(N=CN)=C(C)C=NCCCO. The maximum atomic E-state index is 8.57. The molecule has 0 bridgehead atoms. The molecule has 0 aliphatic rings. The van der Waals surface area contributed by atoms with Gasteiger partial charge >= 0.3 is 0 Å². The van der Waals surface area contributed by atoms with Gasteiger partial charge < -0.3 is 10.8 Å². The average molecular weight is 209 g/mol. The van der Waals surface area contributed by atoms with Crippen LogP contribution in [0.1, 0.15) is 20.3 Å². The first kappa shape index (κ1) is 13.6. The molecule has 15 heavy (non-hydrogen) atoms. The fraction of sp³-hybridized carbons (Fsp3) is 0.455. The molecule has 0 aliphatic heterocycles. The summed E-state index contributed by atoms with van der Waals surface area (Å²) < 4.78 is 0. The van der Waals surface area contributed by atoms with Gasteiger partial charge in [0.05, 0.1) is 12.0 Å². The number of hydrogen-bond donors (Lipinski definition) is 2. The highest BCUT2D eigenvalue weighted by molar-refractivity contribution is 5.80. The minimum absolute atomic E-state index is 0.169. The quantitative estimate of drug-likeness (QED) is 0.299. The predicted molar refractivity (Wildman–Crippen MR) is 65.3 cm³/mol. The lowest BCUT2D eigenvalue weighted by atomic mass is 10.2. The van der Waals surface area contributed by atoms with E-state index in [1.54, 1.807) is 6.21 Å². The van der Waals surface area contributed by atoms with Crippen LogP contribution in [-0.2, 0) is 0 Å². The molecule has 0 aromatic carbocycles. The second kappa shape index (κ2) is 9.15. The highest BCUT2D eigenvalue weighted by Gasteiger charge is 1.92. The Hall–Kier alpha value is -1.42. The van der Waals surface area contributed by atoms with E-state index in [9.17, 15) is 0 Å². The van der Waals surface area contributed by atoms with Crippen LogP contribution < -0.4 is 5.73 Å². The summed E-state index contributed by atoms with van der Waals surface area (Å²) >= 11 is 0. The van der Waals surface area contributed by atoms with E-state index >= 15 is 0 Å². The van der Waals surface area contributed by atoms with Crippen LogP contribution in [0.4, 0.5) is 0 Å². The first-order valence-corrected chi connectivity index (χ1v) is 4.94. The summed E-state index contributed by atoms with van der Waals surface area (Å²) in [6.45, 7) is 4.64. The monoisotopic (exact) mass is 209 g/mol. The molecule has 0 saturated heterocycles. The van der Waals surface area contributed by atoms with Crippen molar-refractivity contribution in [3.63, 3.8) is 0 Å². The molecule has 4 heteroatoms. The van der Waals surface area contributed by atoms with E-state index in [2.05, 4.69) is 9.98 Å². The average Bonchev–Trinajstić information content (AvgIpc) is 2.24. The molecule has 3 N–H and O–H groups in total. The zero-order valence-corrected chi connectivity index (χ0v) is 9.35. The van der Waals surface area contributed by atoms with Gasteiger partial charge in [-0.25, -0.2) is 4.99 Å². The van der Waals surface area contributed by atoms with Crippen LogP contribution in [0.5, 0.6) is 0 Å². The van der Waals surface area contributed by atoms with Gasteiger partial charge in [0, 0.05) is 19.4 Å². The molecular formula is C11H19N3O. The third kappa shape index (κ3) is 6.62. The van der Waals surface area contributed by atoms with Crippen LogP contribution in [-0.4, -0.2) is 30.8 Å². The third-order valence-electron chi connectivity index (χ3n) is 1.67. The molecule has 0 aliphatic carbocycles. The van der Waals surface area contributed by atoms with Gasteiger partial charge in [0.25, 0.3) is 0 Å². The zero-order chi connectivity index (χ0) is 11.5. The van der Waals surface area contributed by atoms with Crippen LogP contribution in [0.3, 0.4) is 0 Å². The van der Waals surface area contributed by atoms with E-state index in [0.29, 0.717) is 13.0 Å². The van der Waals surface area contributed by atoms with Crippen LogP contribution in [0, 0.1) is 0 Å². The van der Waals surface area contributed by atoms with Crippen molar-refractivity contribution in [1.29, 1.82) is 0 Å². The van der Waals surface area contributed by atoms with Crippen molar-refractivity contribution in [2.75, 3.05) is 13.2 Å². The molecule has 0 heterocycles. The number of nitrogens with zero attached hydrogens (tertiary/aromatic N) is 2. The topological polar surface area (TPSA) is 71.0 Å². The number of allylic oxidation sites excluding steroid dienone is 3. The fourth-order valence-corrected chi connectivity index (χ4v) is 0.944. The smallest absolute Gasteiger partial charge is 0.0860 e. The van der Waals surface area contributed by atoms with E-state index in [-0.39, 0.29) is 6.61 Å². The first-order valence-electron chi connectivity index (χ1n) is 4.94. The summed E-state index contributed by atoms with van der Waals surface area (Å²) in [5.41, 5.74) is 6.99.